The molecule has 1 N–H and O–H groups in total. The number of aromatic nitrogens is 5. The summed E-state index contributed by atoms with van der Waals surface area (Å²) in [5.41, 5.74) is 1.98. The summed E-state index contributed by atoms with van der Waals surface area (Å²) in [5, 5.41) is 9.27. The Hall–Kier alpha value is -3.79. The minimum Gasteiger partial charge on any atom is -0.337 e. The van der Waals surface area contributed by atoms with Crippen LogP contribution in [-0.4, -0.2) is 72.4 Å². The fourth-order valence-corrected chi connectivity index (χ4v) is 4.43. The molecule has 1 saturated heterocycles. The number of likely N-dealkylation sites (N-methyl/N-ethyl adjacent to an activating group) is 1. The Morgan fingerprint density at radius 3 is 2.68 bits per heavy atom. The summed E-state index contributed by atoms with van der Waals surface area (Å²) < 4.78 is 5.18. The van der Waals surface area contributed by atoms with Crippen molar-refractivity contribution >= 4 is 22.6 Å². The number of hydrogen-bond acceptors (Lipinski definition) is 6. The highest BCUT2D eigenvalue weighted by Crippen LogP contribution is 2.14. The molecule has 5 heterocycles. The minimum absolute atomic E-state index is 0.0884. The van der Waals surface area contributed by atoms with Crippen molar-refractivity contribution in [1.29, 1.82) is 5.41 Å². The predicted octanol–water partition coefficient (Wildman–Crippen LogP) is 1.11. The molecule has 0 aliphatic carbocycles. The fraction of sp³-hybridized carbons (Fsp3) is 0.375. The van der Waals surface area contributed by atoms with Crippen LogP contribution in [0.25, 0.3) is 16.7 Å². The number of hydrogen-bond donors (Lipinski definition) is 1. The summed E-state index contributed by atoms with van der Waals surface area (Å²) in [6.45, 7) is 5.84. The van der Waals surface area contributed by atoms with Gasteiger partial charge in [-0.25, -0.2) is 9.97 Å². The highest BCUT2D eigenvalue weighted by molar-refractivity contribution is 5.97. The number of piperazine rings is 1. The van der Waals surface area contributed by atoms with E-state index in [4.69, 9.17) is 10.4 Å². The van der Waals surface area contributed by atoms with Gasteiger partial charge in [0, 0.05) is 57.9 Å². The van der Waals surface area contributed by atoms with E-state index in [1.165, 1.54) is 4.40 Å². The second kappa shape index (κ2) is 8.86. The fourth-order valence-electron chi connectivity index (χ4n) is 4.43. The first-order valence-corrected chi connectivity index (χ1v) is 11.5. The molecule has 0 saturated carbocycles. The second-order valence-corrected chi connectivity index (χ2v) is 8.90. The molecule has 4 aromatic rings. The van der Waals surface area contributed by atoms with Gasteiger partial charge in [-0.15, -0.1) is 0 Å². The lowest BCUT2D eigenvalue weighted by atomic mass is 10.1. The molecule has 10 nitrogen and oxygen atoms in total. The van der Waals surface area contributed by atoms with Crippen LogP contribution in [0.2, 0.25) is 0 Å². The Morgan fingerprint density at radius 1 is 1.15 bits per heavy atom. The summed E-state index contributed by atoms with van der Waals surface area (Å²) >= 11 is 0. The van der Waals surface area contributed by atoms with Gasteiger partial charge in [0.1, 0.15) is 16.8 Å². The maximum Gasteiger partial charge on any atom is 0.267 e. The molecule has 0 radical (unpaired) electrons. The van der Waals surface area contributed by atoms with Crippen molar-refractivity contribution in [2.24, 2.45) is 0 Å². The van der Waals surface area contributed by atoms with Gasteiger partial charge in [0.2, 0.25) is 0 Å². The Kier molecular flexibility index (Phi) is 5.74. The van der Waals surface area contributed by atoms with Crippen LogP contribution >= 0.6 is 0 Å². The number of amides is 1. The monoisotopic (exact) mass is 460 g/mol. The molecule has 10 heteroatoms. The SMILES string of the molecule is Cc1ccc2nc3c(cc(C(=O)N4CCN(C)CC4)c(=N)n3CCCn3ccnc3)c(=O)n2c1. The molecule has 1 aliphatic heterocycles. The van der Waals surface area contributed by atoms with Crippen molar-refractivity contribution in [3.8, 4) is 0 Å². The molecular weight excluding hydrogens is 432 g/mol. The van der Waals surface area contributed by atoms with Crippen molar-refractivity contribution in [2.75, 3.05) is 33.2 Å². The smallest absolute Gasteiger partial charge is 0.267 e. The zero-order chi connectivity index (χ0) is 23.8. The van der Waals surface area contributed by atoms with Gasteiger partial charge in [-0.3, -0.25) is 19.4 Å². The van der Waals surface area contributed by atoms with Gasteiger partial charge >= 0.3 is 0 Å². The Morgan fingerprint density at radius 2 is 1.94 bits per heavy atom. The lowest BCUT2D eigenvalue weighted by Crippen LogP contribution is -2.48. The van der Waals surface area contributed by atoms with Gasteiger partial charge in [0.05, 0.1) is 17.3 Å². The van der Waals surface area contributed by atoms with Gasteiger partial charge < -0.3 is 18.9 Å². The van der Waals surface area contributed by atoms with E-state index in [-0.39, 0.29) is 22.5 Å². The van der Waals surface area contributed by atoms with Crippen LogP contribution in [0.1, 0.15) is 22.3 Å². The molecule has 1 amide bonds. The van der Waals surface area contributed by atoms with Gasteiger partial charge in [0.25, 0.3) is 11.5 Å². The molecule has 0 spiro atoms. The van der Waals surface area contributed by atoms with Crippen LogP contribution in [0.3, 0.4) is 0 Å². The first-order chi connectivity index (χ1) is 16.4. The van der Waals surface area contributed by atoms with E-state index < -0.39 is 0 Å². The summed E-state index contributed by atoms with van der Waals surface area (Å²) in [6.07, 6.45) is 7.81. The first kappa shape index (κ1) is 22.0. The largest absolute Gasteiger partial charge is 0.337 e. The van der Waals surface area contributed by atoms with E-state index in [1.54, 1.807) is 40.3 Å². The maximum absolute atomic E-state index is 13.5. The number of carbonyl (C=O) groups is 1. The number of aryl methyl sites for hydroxylation is 3. The van der Waals surface area contributed by atoms with Gasteiger partial charge in [-0.1, -0.05) is 6.07 Å². The maximum atomic E-state index is 13.5. The molecule has 0 atom stereocenters. The molecule has 1 fully saturated rings. The highest BCUT2D eigenvalue weighted by atomic mass is 16.2. The normalized spacial score (nSPS) is 14.8. The molecule has 1 aliphatic rings. The zero-order valence-electron chi connectivity index (χ0n) is 19.4. The van der Waals surface area contributed by atoms with E-state index in [2.05, 4.69) is 9.88 Å². The average molecular weight is 461 g/mol. The van der Waals surface area contributed by atoms with Crippen molar-refractivity contribution in [2.45, 2.75) is 26.4 Å². The van der Waals surface area contributed by atoms with Crippen LogP contribution in [-0.2, 0) is 13.1 Å². The zero-order valence-corrected chi connectivity index (χ0v) is 19.4. The Labute approximate surface area is 196 Å². The molecule has 5 rings (SSSR count). The summed E-state index contributed by atoms with van der Waals surface area (Å²) in [5.74, 6) is -0.211. The quantitative estimate of drug-likeness (QED) is 0.450. The van der Waals surface area contributed by atoms with Crippen molar-refractivity contribution in [3.63, 3.8) is 0 Å². The summed E-state index contributed by atoms with van der Waals surface area (Å²) in [4.78, 5) is 39.7. The van der Waals surface area contributed by atoms with E-state index in [1.807, 2.05) is 30.8 Å². The van der Waals surface area contributed by atoms with E-state index in [9.17, 15) is 9.59 Å². The first-order valence-electron chi connectivity index (χ1n) is 11.5. The van der Waals surface area contributed by atoms with Gasteiger partial charge in [0.15, 0.2) is 0 Å². The van der Waals surface area contributed by atoms with E-state index in [0.717, 1.165) is 18.7 Å². The molecule has 176 valence electrons. The van der Waals surface area contributed by atoms with Crippen LogP contribution in [0.5, 0.6) is 0 Å². The third-order valence-electron chi connectivity index (χ3n) is 6.43. The van der Waals surface area contributed by atoms with Crippen molar-refractivity contribution in [3.05, 3.63) is 70.1 Å². The lowest BCUT2D eigenvalue weighted by Gasteiger charge is -2.32. The number of carbonyl (C=O) groups excluding carboxylic acids is 1. The predicted molar refractivity (Wildman–Crippen MR) is 128 cm³/mol. The average Bonchev–Trinajstić information content (AvgIpc) is 3.35. The third-order valence-corrected chi connectivity index (χ3v) is 6.43. The van der Waals surface area contributed by atoms with Crippen LogP contribution < -0.4 is 11.0 Å². The Bertz CT molecular complexity index is 1480. The number of nitrogens with one attached hydrogen (secondary N) is 1. The number of pyridine rings is 2. The van der Waals surface area contributed by atoms with Crippen molar-refractivity contribution in [1.82, 2.24) is 33.3 Å². The van der Waals surface area contributed by atoms with Gasteiger partial charge in [-0.2, -0.15) is 0 Å². The van der Waals surface area contributed by atoms with Crippen LogP contribution in [0.15, 0.2) is 47.9 Å². The molecule has 0 bridgehead atoms. The van der Waals surface area contributed by atoms with Crippen LogP contribution in [0, 0.1) is 12.3 Å². The van der Waals surface area contributed by atoms with E-state index >= 15 is 0 Å². The number of imidazole rings is 1. The van der Waals surface area contributed by atoms with Gasteiger partial charge in [-0.05, 0) is 38.1 Å². The number of rotatable bonds is 5. The topological polar surface area (TPSA) is 105 Å². The van der Waals surface area contributed by atoms with E-state index in [0.29, 0.717) is 49.3 Å². The second-order valence-electron chi connectivity index (χ2n) is 8.90. The minimum atomic E-state index is -0.237. The summed E-state index contributed by atoms with van der Waals surface area (Å²) in [6, 6.07) is 5.28. The Balaban J connectivity index is 1.64. The lowest BCUT2D eigenvalue weighted by molar-refractivity contribution is 0.0661. The third kappa shape index (κ3) is 4.01. The highest BCUT2D eigenvalue weighted by Gasteiger charge is 2.24. The molecule has 4 aromatic heterocycles. The molecule has 0 aromatic carbocycles. The van der Waals surface area contributed by atoms with Crippen molar-refractivity contribution < 1.29 is 4.79 Å². The molecule has 34 heavy (non-hydrogen) atoms. The van der Waals surface area contributed by atoms with Crippen LogP contribution in [0.4, 0.5) is 0 Å². The molecule has 0 unspecified atom stereocenters. The number of fused-ring (bicyclic) bond motifs is 2. The number of nitrogens with zero attached hydrogens (tertiary/aromatic N) is 7. The molecular formula is C24H28N8O2. The summed E-state index contributed by atoms with van der Waals surface area (Å²) in [7, 11) is 2.03. The standard InChI is InChI=1S/C24H28N8O2/c1-17-4-5-20-27-22-19(24(34)32(20)15-17)14-18(23(33)30-12-10-28(2)11-13-30)21(25)31(22)8-3-7-29-9-6-26-16-29/h4-6,9,14-16,25H,3,7-8,10-13H2,1-2H3.